The van der Waals surface area contributed by atoms with Crippen molar-refractivity contribution in [1.29, 1.82) is 0 Å². The Kier molecular flexibility index (Phi) is 6.64. The minimum absolute atomic E-state index is 0.0580. The Labute approximate surface area is 126 Å². The van der Waals surface area contributed by atoms with Crippen LogP contribution in [0.3, 0.4) is 0 Å². The van der Waals surface area contributed by atoms with Crippen LogP contribution < -0.4 is 5.32 Å². The van der Waals surface area contributed by atoms with Crippen LogP contribution in [-0.2, 0) is 14.3 Å². The molecular formula is C16H27NO4. The smallest absolute Gasteiger partial charge is 0.305 e. The summed E-state index contributed by atoms with van der Waals surface area (Å²) < 4.78 is 5.19. The molecule has 21 heavy (non-hydrogen) atoms. The van der Waals surface area contributed by atoms with E-state index in [2.05, 4.69) is 5.32 Å². The summed E-state index contributed by atoms with van der Waals surface area (Å²) in [4.78, 5) is 22.3. The summed E-state index contributed by atoms with van der Waals surface area (Å²) in [6, 6.07) is -0.198. The highest BCUT2D eigenvalue weighted by Crippen LogP contribution is 2.28. The summed E-state index contributed by atoms with van der Waals surface area (Å²) in [6.45, 7) is 0.259. The van der Waals surface area contributed by atoms with Crippen LogP contribution in [0.5, 0.6) is 0 Å². The van der Waals surface area contributed by atoms with Crippen molar-refractivity contribution in [1.82, 2.24) is 5.32 Å². The van der Waals surface area contributed by atoms with Gasteiger partial charge < -0.3 is 20.0 Å². The molecule has 2 aliphatic rings. The quantitative estimate of drug-likeness (QED) is 0.525. The molecule has 2 fully saturated rings. The lowest BCUT2D eigenvalue weighted by Gasteiger charge is -2.18. The van der Waals surface area contributed by atoms with Gasteiger partial charge in [0.2, 0.25) is 0 Å². The second-order valence-electron chi connectivity index (χ2n) is 6.36. The van der Waals surface area contributed by atoms with Crippen LogP contribution in [0, 0.1) is 5.92 Å². The third kappa shape index (κ3) is 5.40. The summed E-state index contributed by atoms with van der Waals surface area (Å²) in [5.41, 5.74) is 0. The van der Waals surface area contributed by atoms with Crippen molar-refractivity contribution in [3.8, 4) is 0 Å². The average Bonchev–Trinajstić information content (AvgIpc) is 3.16. The van der Waals surface area contributed by atoms with Crippen molar-refractivity contribution >= 4 is 12.3 Å². The van der Waals surface area contributed by atoms with Gasteiger partial charge in [-0.15, -0.1) is 0 Å². The Balaban J connectivity index is 1.53. The van der Waals surface area contributed by atoms with Crippen molar-refractivity contribution < 1.29 is 19.4 Å². The number of rotatable bonds is 8. The number of esters is 1. The second-order valence-corrected chi connectivity index (χ2v) is 6.36. The molecule has 1 aliphatic carbocycles. The summed E-state index contributed by atoms with van der Waals surface area (Å²) in [5.74, 6) is 0.547. The van der Waals surface area contributed by atoms with E-state index >= 15 is 0 Å². The van der Waals surface area contributed by atoms with Gasteiger partial charge in [0.05, 0.1) is 18.8 Å². The maximum absolute atomic E-state index is 11.6. The predicted octanol–water partition coefficient (Wildman–Crippen LogP) is 1.57. The lowest BCUT2D eigenvalue weighted by atomic mass is 10.0. The zero-order valence-electron chi connectivity index (χ0n) is 12.6. The van der Waals surface area contributed by atoms with Crippen LogP contribution in [0.1, 0.15) is 57.8 Å². The van der Waals surface area contributed by atoms with E-state index in [4.69, 9.17) is 4.74 Å². The van der Waals surface area contributed by atoms with Crippen LogP contribution in [0.2, 0.25) is 0 Å². The van der Waals surface area contributed by atoms with Gasteiger partial charge >= 0.3 is 5.97 Å². The van der Waals surface area contributed by atoms with Crippen LogP contribution in [-0.4, -0.2) is 42.2 Å². The van der Waals surface area contributed by atoms with Crippen molar-refractivity contribution in [2.75, 3.05) is 6.61 Å². The Bertz CT molecular complexity index is 341. The standard InChI is InChI=1S/C16H27NO4/c18-11-13-6-7-14(17-13)15(19)9-10-21-16(20)8-5-12-3-1-2-4-12/h11-15,17,19H,1-10H2/t13?,14-,15?/m1/s1. The van der Waals surface area contributed by atoms with Gasteiger partial charge in [-0.3, -0.25) is 4.79 Å². The van der Waals surface area contributed by atoms with Crippen LogP contribution in [0.4, 0.5) is 0 Å². The maximum Gasteiger partial charge on any atom is 0.305 e. The number of aliphatic hydroxyl groups excluding tert-OH is 1. The van der Waals surface area contributed by atoms with E-state index in [1.165, 1.54) is 25.7 Å². The molecule has 5 nitrogen and oxygen atoms in total. The third-order valence-corrected chi connectivity index (χ3v) is 4.75. The third-order valence-electron chi connectivity index (χ3n) is 4.75. The lowest BCUT2D eigenvalue weighted by Crippen LogP contribution is -2.39. The number of hydrogen-bond acceptors (Lipinski definition) is 5. The highest BCUT2D eigenvalue weighted by atomic mass is 16.5. The highest BCUT2D eigenvalue weighted by molar-refractivity contribution is 5.69. The Morgan fingerprint density at radius 3 is 2.71 bits per heavy atom. The van der Waals surface area contributed by atoms with Crippen LogP contribution >= 0.6 is 0 Å². The van der Waals surface area contributed by atoms with Crippen molar-refractivity contribution in [3.05, 3.63) is 0 Å². The number of aldehydes is 1. The van der Waals surface area contributed by atoms with E-state index in [1.807, 2.05) is 0 Å². The van der Waals surface area contributed by atoms with Gasteiger partial charge in [0, 0.05) is 18.9 Å². The molecule has 0 aromatic rings. The molecule has 3 atom stereocenters. The summed E-state index contributed by atoms with van der Waals surface area (Å²) in [7, 11) is 0. The van der Waals surface area contributed by atoms with E-state index in [9.17, 15) is 14.7 Å². The van der Waals surface area contributed by atoms with Gasteiger partial charge in [-0.25, -0.2) is 0 Å². The van der Waals surface area contributed by atoms with Gasteiger partial charge in [-0.05, 0) is 25.2 Å². The normalized spacial score (nSPS) is 27.7. The second kappa shape index (κ2) is 8.49. The summed E-state index contributed by atoms with van der Waals surface area (Å²) >= 11 is 0. The monoisotopic (exact) mass is 297 g/mol. The van der Waals surface area contributed by atoms with E-state index < -0.39 is 6.10 Å². The van der Waals surface area contributed by atoms with E-state index in [0.29, 0.717) is 18.8 Å². The molecule has 0 aromatic heterocycles. The van der Waals surface area contributed by atoms with Gasteiger partial charge in [0.25, 0.3) is 0 Å². The van der Waals surface area contributed by atoms with Gasteiger partial charge in [0.1, 0.15) is 6.29 Å². The number of nitrogens with one attached hydrogen (secondary N) is 1. The minimum Gasteiger partial charge on any atom is -0.466 e. The maximum atomic E-state index is 11.6. The fourth-order valence-electron chi connectivity index (χ4n) is 3.40. The molecule has 1 aliphatic heterocycles. The number of ether oxygens (including phenoxy) is 1. The highest BCUT2D eigenvalue weighted by Gasteiger charge is 2.28. The number of aliphatic hydroxyl groups is 1. The molecule has 0 amide bonds. The zero-order valence-corrected chi connectivity index (χ0v) is 12.6. The molecule has 2 rings (SSSR count). The molecular weight excluding hydrogens is 270 g/mol. The molecule has 0 radical (unpaired) electrons. The molecule has 1 heterocycles. The van der Waals surface area contributed by atoms with E-state index in [0.717, 1.165) is 25.5 Å². The molecule has 0 aromatic carbocycles. The first kappa shape index (κ1) is 16.4. The van der Waals surface area contributed by atoms with Crippen molar-refractivity contribution in [3.63, 3.8) is 0 Å². The Morgan fingerprint density at radius 1 is 1.29 bits per heavy atom. The Hall–Kier alpha value is -0.940. The predicted molar refractivity (Wildman–Crippen MR) is 78.8 cm³/mol. The number of carbonyl (C=O) groups excluding carboxylic acids is 2. The molecule has 2 unspecified atom stereocenters. The first-order chi connectivity index (χ1) is 10.2. The molecule has 1 saturated heterocycles. The lowest BCUT2D eigenvalue weighted by molar-refractivity contribution is -0.144. The summed E-state index contributed by atoms with van der Waals surface area (Å²) in [5, 5.41) is 13.1. The molecule has 1 saturated carbocycles. The number of hydrogen-bond donors (Lipinski definition) is 2. The van der Waals surface area contributed by atoms with Gasteiger partial charge in [-0.1, -0.05) is 25.7 Å². The first-order valence-corrected chi connectivity index (χ1v) is 8.24. The SMILES string of the molecule is O=CC1CC[C@H](C(O)CCOC(=O)CCC2CCCC2)N1. The van der Waals surface area contributed by atoms with Gasteiger partial charge in [0.15, 0.2) is 0 Å². The molecule has 5 heteroatoms. The van der Waals surface area contributed by atoms with Crippen molar-refractivity contribution in [2.45, 2.75) is 76.0 Å². The fraction of sp³-hybridized carbons (Fsp3) is 0.875. The van der Waals surface area contributed by atoms with Crippen LogP contribution in [0.25, 0.3) is 0 Å². The molecule has 120 valence electrons. The Morgan fingerprint density at radius 2 is 2.05 bits per heavy atom. The average molecular weight is 297 g/mol. The first-order valence-electron chi connectivity index (χ1n) is 8.24. The zero-order chi connectivity index (χ0) is 15.1. The fourth-order valence-corrected chi connectivity index (χ4v) is 3.40. The van der Waals surface area contributed by atoms with E-state index in [-0.39, 0.29) is 24.7 Å². The topological polar surface area (TPSA) is 75.6 Å². The van der Waals surface area contributed by atoms with E-state index in [1.54, 1.807) is 0 Å². The summed E-state index contributed by atoms with van der Waals surface area (Å²) in [6.07, 6.45) is 8.83. The minimum atomic E-state index is -0.558. The van der Waals surface area contributed by atoms with Gasteiger partial charge in [-0.2, -0.15) is 0 Å². The number of carbonyl (C=O) groups is 2. The molecule has 2 N–H and O–H groups in total. The largest absolute Gasteiger partial charge is 0.466 e. The molecule has 0 bridgehead atoms. The van der Waals surface area contributed by atoms with Crippen LogP contribution in [0.15, 0.2) is 0 Å². The molecule has 0 spiro atoms. The van der Waals surface area contributed by atoms with Crippen molar-refractivity contribution in [2.24, 2.45) is 5.92 Å².